The molecule has 8 nitrogen and oxygen atoms in total. The van der Waals surface area contributed by atoms with Crippen LogP contribution in [-0.2, 0) is 23.8 Å². The van der Waals surface area contributed by atoms with Gasteiger partial charge in [-0.05, 0) is 81.3 Å². The average Bonchev–Trinajstić information content (AvgIpc) is 3.65. The van der Waals surface area contributed by atoms with Crippen molar-refractivity contribution in [2.24, 2.45) is 0 Å². The zero-order valence-electron chi connectivity index (χ0n) is 23.2. The Morgan fingerprint density at radius 1 is 0.900 bits per heavy atom. The summed E-state index contributed by atoms with van der Waals surface area (Å²) in [5, 5.41) is 31.7. The molecule has 1 unspecified atom stereocenters. The summed E-state index contributed by atoms with van der Waals surface area (Å²) in [6.45, 7) is 8.08. The summed E-state index contributed by atoms with van der Waals surface area (Å²) in [6, 6.07) is 21.0. The lowest BCUT2D eigenvalue weighted by atomic mass is 9.79. The van der Waals surface area contributed by atoms with Gasteiger partial charge in [0, 0.05) is 11.9 Å². The third-order valence-electron chi connectivity index (χ3n) is 7.22. The number of fused-ring (bicyclic) bond motifs is 1. The molecule has 2 aromatic heterocycles. The van der Waals surface area contributed by atoms with Crippen LogP contribution in [0.25, 0.3) is 0 Å². The molecule has 1 atom stereocenters. The van der Waals surface area contributed by atoms with Gasteiger partial charge in [0.2, 0.25) is 0 Å². The van der Waals surface area contributed by atoms with Crippen LogP contribution in [0.5, 0.6) is 0 Å². The Morgan fingerprint density at radius 2 is 1.55 bits per heavy atom. The molecular formula is C31H33ClN8. The van der Waals surface area contributed by atoms with Crippen LogP contribution < -0.4 is 0 Å². The third kappa shape index (κ3) is 6.75. The first-order valence-electron chi connectivity index (χ1n) is 13.0. The van der Waals surface area contributed by atoms with E-state index < -0.39 is 10.8 Å². The Labute approximate surface area is 242 Å². The first-order valence-corrected chi connectivity index (χ1v) is 13.0. The Balaban J connectivity index is 0.000000221. The monoisotopic (exact) mass is 552 g/mol. The van der Waals surface area contributed by atoms with Gasteiger partial charge in [-0.1, -0.05) is 30.3 Å². The number of nitrogens with zero attached hydrogens (tertiary/aromatic N) is 8. The normalized spacial score (nSPS) is 14.3. The maximum Gasteiger partial charge on any atom is 0.137 e. The van der Waals surface area contributed by atoms with Crippen LogP contribution in [0.4, 0.5) is 0 Å². The molecule has 1 aliphatic heterocycles. The number of benzene rings is 2. The highest BCUT2D eigenvalue weighted by Crippen LogP contribution is 2.31. The predicted molar refractivity (Wildman–Crippen MR) is 155 cm³/mol. The minimum atomic E-state index is -0.612. The van der Waals surface area contributed by atoms with Crippen molar-refractivity contribution < 1.29 is 0 Å². The molecule has 5 rings (SSSR count). The molecule has 0 bridgehead atoms. The molecular weight excluding hydrogens is 520 g/mol. The van der Waals surface area contributed by atoms with Crippen molar-refractivity contribution in [2.75, 3.05) is 0 Å². The zero-order chi connectivity index (χ0) is 28.0. The standard InChI is InChI=1S/C17H19N5.C14H13N3.ClH/c1-16(2,9-18)14-5-13(8-22-12-20-11-21-22)6-15(7-14)17(3,4)10-19;15-8-11-4-6-12(7-5-11)14-3-1-2-13-9-16-10-17(13)14;/h5-7,11-12H,8H2,1-4H3;4-7,9-10,14H,1-3H2;1H. The maximum absolute atomic E-state index is 9.40. The highest BCUT2D eigenvalue weighted by molar-refractivity contribution is 5.85. The fourth-order valence-electron chi connectivity index (χ4n) is 4.66. The average molecular weight is 553 g/mol. The molecule has 0 fully saturated rings. The fourth-order valence-corrected chi connectivity index (χ4v) is 4.66. The summed E-state index contributed by atoms with van der Waals surface area (Å²) >= 11 is 0. The van der Waals surface area contributed by atoms with Crippen LogP contribution in [0, 0.1) is 34.0 Å². The lowest BCUT2D eigenvalue weighted by Crippen LogP contribution is -2.20. The minimum absolute atomic E-state index is 0. The van der Waals surface area contributed by atoms with Gasteiger partial charge in [0.15, 0.2) is 0 Å². The van der Waals surface area contributed by atoms with Crippen LogP contribution in [0.2, 0.25) is 0 Å². The van der Waals surface area contributed by atoms with Crippen molar-refractivity contribution in [3.05, 3.63) is 101 Å². The topological polar surface area (TPSA) is 120 Å². The van der Waals surface area contributed by atoms with Crippen LogP contribution in [0.1, 0.15) is 80.1 Å². The van der Waals surface area contributed by atoms with Gasteiger partial charge in [0.05, 0.1) is 53.5 Å². The van der Waals surface area contributed by atoms with Gasteiger partial charge in [0.25, 0.3) is 0 Å². The highest BCUT2D eigenvalue weighted by atomic mass is 35.5. The molecule has 204 valence electrons. The number of rotatable bonds is 5. The van der Waals surface area contributed by atoms with Crippen LogP contribution in [0.15, 0.2) is 67.6 Å². The Morgan fingerprint density at radius 3 is 2.10 bits per heavy atom. The Hall–Kier alpha value is -4.45. The third-order valence-corrected chi connectivity index (χ3v) is 7.22. The van der Waals surface area contributed by atoms with Crippen molar-refractivity contribution >= 4 is 12.4 Å². The Bertz CT molecular complexity index is 1500. The molecule has 0 aliphatic carbocycles. The molecule has 0 radical (unpaired) electrons. The largest absolute Gasteiger partial charge is 0.327 e. The first-order chi connectivity index (χ1) is 18.7. The number of halogens is 1. The van der Waals surface area contributed by atoms with E-state index in [9.17, 15) is 10.5 Å². The molecule has 0 saturated heterocycles. The molecule has 3 heterocycles. The van der Waals surface area contributed by atoms with Crippen LogP contribution in [0.3, 0.4) is 0 Å². The van der Waals surface area contributed by atoms with Crippen LogP contribution in [-0.4, -0.2) is 24.3 Å². The minimum Gasteiger partial charge on any atom is -0.327 e. The van der Waals surface area contributed by atoms with Gasteiger partial charge in [0.1, 0.15) is 12.7 Å². The van der Waals surface area contributed by atoms with E-state index in [4.69, 9.17) is 5.26 Å². The number of aryl methyl sites for hydroxylation is 1. The number of hydrogen-bond donors (Lipinski definition) is 0. The summed E-state index contributed by atoms with van der Waals surface area (Å²) in [5.74, 6) is 0. The molecule has 0 spiro atoms. The van der Waals surface area contributed by atoms with E-state index in [0.29, 0.717) is 12.6 Å². The summed E-state index contributed by atoms with van der Waals surface area (Å²) in [6.07, 6.45) is 10.5. The van der Waals surface area contributed by atoms with E-state index in [1.54, 1.807) is 11.0 Å². The summed E-state index contributed by atoms with van der Waals surface area (Å²) in [7, 11) is 0. The molecule has 1 aliphatic rings. The number of nitriles is 3. The van der Waals surface area contributed by atoms with Gasteiger partial charge in [-0.3, -0.25) is 0 Å². The number of aromatic nitrogens is 5. The van der Waals surface area contributed by atoms with E-state index in [-0.39, 0.29) is 12.4 Å². The molecule has 2 aromatic carbocycles. The summed E-state index contributed by atoms with van der Waals surface area (Å²) in [5.41, 5.74) is 4.89. The van der Waals surface area contributed by atoms with Crippen molar-refractivity contribution in [3.63, 3.8) is 0 Å². The van der Waals surface area contributed by atoms with Gasteiger partial charge < -0.3 is 4.57 Å². The maximum atomic E-state index is 9.40. The van der Waals surface area contributed by atoms with Gasteiger partial charge in [-0.25, -0.2) is 14.6 Å². The van der Waals surface area contributed by atoms with E-state index >= 15 is 0 Å². The van der Waals surface area contributed by atoms with E-state index in [2.05, 4.69) is 50.0 Å². The van der Waals surface area contributed by atoms with E-state index in [1.807, 2.05) is 70.6 Å². The molecule has 0 amide bonds. The second-order valence-corrected chi connectivity index (χ2v) is 10.9. The molecule has 40 heavy (non-hydrogen) atoms. The van der Waals surface area contributed by atoms with E-state index in [0.717, 1.165) is 35.1 Å². The quantitative estimate of drug-likeness (QED) is 0.298. The lowest BCUT2D eigenvalue weighted by molar-refractivity contribution is 0.458. The molecule has 9 heteroatoms. The van der Waals surface area contributed by atoms with Crippen molar-refractivity contribution in [3.8, 4) is 18.2 Å². The molecule has 0 N–H and O–H groups in total. The highest BCUT2D eigenvalue weighted by Gasteiger charge is 2.26. The van der Waals surface area contributed by atoms with E-state index in [1.165, 1.54) is 24.0 Å². The van der Waals surface area contributed by atoms with Crippen molar-refractivity contribution in [1.29, 1.82) is 15.8 Å². The number of hydrogen-bond acceptors (Lipinski definition) is 6. The fraction of sp³-hybridized carbons (Fsp3) is 0.355. The smallest absolute Gasteiger partial charge is 0.137 e. The SMILES string of the molecule is CC(C)(C#N)c1cc(Cn2cncn2)cc(C(C)(C)C#N)c1.Cl.N#Cc1ccc(C2CCCc3cncn32)cc1. The lowest BCUT2D eigenvalue weighted by Gasteiger charge is -2.25. The van der Waals surface area contributed by atoms with Crippen molar-refractivity contribution in [1.82, 2.24) is 24.3 Å². The second-order valence-electron chi connectivity index (χ2n) is 10.9. The van der Waals surface area contributed by atoms with Crippen molar-refractivity contribution in [2.45, 2.75) is 70.4 Å². The number of imidazole rings is 1. The zero-order valence-corrected chi connectivity index (χ0v) is 24.1. The summed E-state index contributed by atoms with van der Waals surface area (Å²) < 4.78 is 3.98. The second kappa shape index (κ2) is 12.6. The molecule has 0 saturated carbocycles. The summed E-state index contributed by atoms with van der Waals surface area (Å²) in [4.78, 5) is 8.16. The van der Waals surface area contributed by atoms with Crippen LogP contribution >= 0.6 is 12.4 Å². The van der Waals surface area contributed by atoms with Gasteiger partial charge in [-0.2, -0.15) is 20.9 Å². The van der Waals surface area contributed by atoms with Gasteiger partial charge in [-0.15, -0.1) is 12.4 Å². The Kier molecular flexibility index (Phi) is 9.48. The van der Waals surface area contributed by atoms with Gasteiger partial charge >= 0.3 is 0 Å². The molecule has 4 aromatic rings. The predicted octanol–water partition coefficient (Wildman–Crippen LogP) is 6.03. The first kappa shape index (κ1) is 30.1.